The van der Waals surface area contributed by atoms with Crippen LogP contribution in [0, 0.1) is 6.92 Å². The summed E-state index contributed by atoms with van der Waals surface area (Å²) in [4.78, 5) is 25.1. The van der Waals surface area contributed by atoms with Crippen LogP contribution in [0.4, 0.5) is 10.2 Å². The standard InChI is InChI=1S/C24H30FN6O7P/c1-13(24(33)35-3)30-39(34,38-16-7-5-4-6-8-16)36-11-17-20(32)18(25)23(37-17)31-12-26-19-21(29-15-9-10-15)27-14(2)28-22(19)31/h4-8,12-13,15,17-18,20,23,32H,9-11H2,1-3H3,(H,30,34)(H,27,28,29)/t13-,17+,18-,20+,23+,39?/m0/s1. The van der Waals surface area contributed by atoms with E-state index < -0.39 is 51.0 Å². The van der Waals surface area contributed by atoms with Gasteiger partial charge in [-0.3, -0.25) is 13.9 Å². The van der Waals surface area contributed by atoms with Crippen LogP contribution < -0.4 is 14.9 Å². The van der Waals surface area contributed by atoms with Gasteiger partial charge in [-0.25, -0.2) is 23.9 Å². The Morgan fingerprint density at radius 2 is 2.05 bits per heavy atom. The number of halogens is 1. The minimum atomic E-state index is -4.22. The number of hydrogen-bond donors (Lipinski definition) is 3. The number of hydrogen-bond acceptors (Lipinski definition) is 11. The summed E-state index contributed by atoms with van der Waals surface area (Å²) in [5.74, 6) is 0.523. The molecule has 2 fully saturated rings. The number of alkyl halides is 1. The number of methoxy groups -OCH3 is 1. The fourth-order valence-electron chi connectivity index (χ4n) is 4.15. The third kappa shape index (κ3) is 6.04. The number of aliphatic hydroxyl groups excluding tert-OH is 1. The van der Waals surface area contributed by atoms with Crippen molar-refractivity contribution in [1.29, 1.82) is 0 Å². The fourth-order valence-corrected chi connectivity index (χ4v) is 5.65. The number of aryl methyl sites for hydroxylation is 1. The van der Waals surface area contributed by atoms with Gasteiger partial charge in [0.2, 0.25) is 0 Å². The molecule has 5 rings (SSSR count). The highest BCUT2D eigenvalue weighted by molar-refractivity contribution is 7.52. The molecule has 0 spiro atoms. The molecular weight excluding hydrogens is 534 g/mol. The lowest BCUT2D eigenvalue weighted by Crippen LogP contribution is -2.36. The first-order valence-electron chi connectivity index (χ1n) is 12.5. The lowest BCUT2D eigenvalue weighted by atomic mass is 10.1. The smallest absolute Gasteiger partial charge is 0.459 e. The predicted molar refractivity (Wildman–Crippen MR) is 137 cm³/mol. The Balaban J connectivity index is 1.33. The van der Waals surface area contributed by atoms with Gasteiger partial charge in [-0.2, -0.15) is 5.09 Å². The number of carbonyl (C=O) groups is 1. The van der Waals surface area contributed by atoms with E-state index in [4.69, 9.17) is 13.8 Å². The van der Waals surface area contributed by atoms with Gasteiger partial charge in [0.05, 0.1) is 20.0 Å². The van der Waals surface area contributed by atoms with Gasteiger partial charge < -0.3 is 24.4 Å². The highest BCUT2D eigenvalue weighted by Gasteiger charge is 2.47. The van der Waals surface area contributed by atoms with Crippen molar-refractivity contribution >= 4 is 30.7 Å². The topological polar surface area (TPSA) is 159 Å². The molecule has 1 unspecified atom stereocenters. The third-order valence-corrected chi connectivity index (χ3v) is 7.95. The Morgan fingerprint density at radius 1 is 1.31 bits per heavy atom. The molecule has 3 N–H and O–H groups in total. The summed E-state index contributed by atoms with van der Waals surface area (Å²) in [7, 11) is -3.03. The van der Waals surface area contributed by atoms with Crippen molar-refractivity contribution < 1.29 is 37.4 Å². The number of aliphatic hydroxyl groups is 1. The molecule has 0 radical (unpaired) electrons. The van der Waals surface area contributed by atoms with Gasteiger partial charge in [-0.1, -0.05) is 18.2 Å². The van der Waals surface area contributed by atoms with Crippen LogP contribution in [0.25, 0.3) is 11.2 Å². The van der Waals surface area contributed by atoms with Gasteiger partial charge in [0, 0.05) is 6.04 Å². The van der Waals surface area contributed by atoms with E-state index in [0.29, 0.717) is 28.8 Å². The van der Waals surface area contributed by atoms with Crippen LogP contribution in [0.2, 0.25) is 0 Å². The average Bonchev–Trinajstić information content (AvgIpc) is 3.56. The molecule has 13 nitrogen and oxygen atoms in total. The second-order valence-corrected chi connectivity index (χ2v) is 11.1. The highest BCUT2D eigenvalue weighted by Crippen LogP contribution is 2.46. The van der Waals surface area contributed by atoms with Crippen molar-refractivity contribution in [1.82, 2.24) is 24.6 Å². The van der Waals surface area contributed by atoms with Crippen LogP contribution in [-0.2, 0) is 23.4 Å². The van der Waals surface area contributed by atoms with E-state index in [1.54, 1.807) is 37.3 Å². The number of aromatic nitrogens is 4. The second-order valence-electron chi connectivity index (χ2n) is 9.43. The lowest BCUT2D eigenvalue weighted by molar-refractivity contribution is -0.142. The molecule has 210 valence electrons. The van der Waals surface area contributed by atoms with Gasteiger partial charge in [-0.15, -0.1) is 0 Å². The number of rotatable bonds is 11. The van der Waals surface area contributed by atoms with Crippen LogP contribution in [0.15, 0.2) is 36.7 Å². The van der Waals surface area contributed by atoms with Crippen LogP contribution in [-0.4, -0.2) is 74.8 Å². The Hall–Kier alpha value is -3.16. The Labute approximate surface area is 223 Å². The van der Waals surface area contributed by atoms with E-state index in [1.165, 1.54) is 24.9 Å². The molecule has 3 heterocycles. The lowest BCUT2D eigenvalue weighted by Gasteiger charge is -2.24. The minimum Gasteiger partial charge on any atom is -0.468 e. The van der Waals surface area contributed by atoms with Crippen LogP contribution in [0.3, 0.4) is 0 Å². The molecule has 1 aliphatic heterocycles. The van der Waals surface area contributed by atoms with Crippen molar-refractivity contribution in [2.75, 3.05) is 19.0 Å². The first-order chi connectivity index (χ1) is 18.7. The van der Waals surface area contributed by atoms with Crippen molar-refractivity contribution in [2.45, 2.75) is 63.4 Å². The molecule has 6 atom stereocenters. The molecule has 1 aromatic carbocycles. The number of fused-ring (bicyclic) bond motifs is 1. The molecule has 1 saturated carbocycles. The monoisotopic (exact) mass is 564 g/mol. The zero-order chi connectivity index (χ0) is 27.7. The van der Waals surface area contributed by atoms with Gasteiger partial charge >= 0.3 is 13.7 Å². The first kappa shape index (κ1) is 27.4. The number of imidazole rings is 1. The van der Waals surface area contributed by atoms with E-state index in [-0.39, 0.29) is 5.75 Å². The Bertz CT molecular complexity index is 1370. The largest absolute Gasteiger partial charge is 0.468 e. The molecule has 0 bridgehead atoms. The third-order valence-electron chi connectivity index (χ3n) is 6.30. The molecule has 15 heteroatoms. The van der Waals surface area contributed by atoms with Crippen molar-refractivity contribution in [2.24, 2.45) is 0 Å². The zero-order valence-corrected chi connectivity index (χ0v) is 22.5. The predicted octanol–water partition coefficient (Wildman–Crippen LogP) is 2.66. The fraction of sp³-hybridized carbons (Fsp3) is 0.500. The van der Waals surface area contributed by atoms with E-state index in [2.05, 4.69) is 30.1 Å². The number of benzene rings is 1. The molecule has 2 aromatic heterocycles. The van der Waals surface area contributed by atoms with E-state index in [1.807, 2.05) is 0 Å². The van der Waals surface area contributed by atoms with Gasteiger partial charge in [0.1, 0.15) is 29.8 Å². The van der Waals surface area contributed by atoms with Crippen molar-refractivity contribution in [3.05, 3.63) is 42.5 Å². The maximum atomic E-state index is 15.4. The van der Waals surface area contributed by atoms with Gasteiger partial charge in [0.15, 0.2) is 29.4 Å². The van der Waals surface area contributed by atoms with E-state index in [0.717, 1.165) is 12.8 Å². The first-order valence-corrected chi connectivity index (χ1v) is 14.0. The molecule has 1 saturated heterocycles. The molecule has 3 aromatic rings. The van der Waals surface area contributed by atoms with Gasteiger partial charge in [-0.05, 0) is 38.8 Å². The number of ether oxygens (including phenoxy) is 2. The van der Waals surface area contributed by atoms with Crippen LogP contribution in [0.5, 0.6) is 5.75 Å². The summed E-state index contributed by atoms with van der Waals surface area (Å²) in [6, 6.07) is 7.43. The quantitative estimate of drug-likeness (QED) is 0.231. The molecule has 2 aliphatic rings. The number of anilines is 1. The summed E-state index contributed by atoms with van der Waals surface area (Å²) < 4.78 is 51.9. The zero-order valence-electron chi connectivity index (χ0n) is 21.6. The summed E-state index contributed by atoms with van der Waals surface area (Å²) >= 11 is 0. The number of carbonyl (C=O) groups excluding carboxylic acids is 1. The average molecular weight is 565 g/mol. The normalized spacial score (nSPS) is 25.3. The summed E-state index contributed by atoms with van der Waals surface area (Å²) in [5, 5.41) is 16.5. The summed E-state index contributed by atoms with van der Waals surface area (Å²) in [6.45, 7) is 2.62. The number of nitrogens with zero attached hydrogens (tertiary/aromatic N) is 4. The van der Waals surface area contributed by atoms with Crippen LogP contribution in [0.1, 0.15) is 31.8 Å². The SMILES string of the molecule is COC(=O)[C@H](C)NP(=O)(OC[C@H]1O[C@@H](n2cnc3c(NC4CC4)nc(C)nc32)[C@@H](F)[C@@H]1O)Oc1ccccc1. The minimum absolute atomic E-state index is 0.204. The number of nitrogens with one attached hydrogen (secondary N) is 2. The molecule has 0 amide bonds. The Morgan fingerprint density at radius 3 is 2.74 bits per heavy atom. The number of para-hydroxylation sites is 1. The van der Waals surface area contributed by atoms with Crippen LogP contribution >= 0.6 is 7.75 Å². The van der Waals surface area contributed by atoms with E-state index >= 15 is 4.39 Å². The maximum Gasteiger partial charge on any atom is 0.459 e. The summed E-state index contributed by atoms with van der Waals surface area (Å²) in [5.41, 5.74) is 0.804. The molecule has 39 heavy (non-hydrogen) atoms. The highest BCUT2D eigenvalue weighted by atomic mass is 31.2. The molecule has 1 aliphatic carbocycles. The summed E-state index contributed by atoms with van der Waals surface area (Å²) in [6.07, 6.45) is -2.56. The van der Waals surface area contributed by atoms with Gasteiger partial charge in [0.25, 0.3) is 0 Å². The van der Waals surface area contributed by atoms with E-state index in [9.17, 15) is 14.5 Å². The Kier molecular flexibility index (Phi) is 7.83. The second kappa shape index (κ2) is 11.1. The van der Waals surface area contributed by atoms with Crippen molar-refractivity contribution in [3.63, 3.8) is 0 Å². The maximum absolute atomic E-state index is 15.4. The number of esters is 1. The van der Waals surface area contributed by atoms with Crippen molar-refractivity contribution in [3.8, 4) is 5.75 Å². The molecular formula is C24H30FN6O7P.